The predicted octanol–water partition coefficient (Wildman–Crippen LogP) is 0.325. The van der Waals surface area contributed by atoms with Crippen molar-refractivity contribution in [3.8, 4) is 0 Å². The number of nitrogens with zero attached hydrogens (tertiary/aromatic N) is 2. The Kier molecular flexibility index (Phi) is 3.94. The predicted molar refractivity (Wildman–Crippen MR) is 85.3 cm³/mol. The maximum absolute atomic E-state index is 11.8. The molecule has 0 amide bonds. The van der Waals surface area contributed by atoms with E-state index in [0.29, 0.717) is 13.0 Å². The van der Waals surface area contributed by atoms with Gasteiger partial charge in [0.05, 0.1) is 11.5 Å². The number of hydrogen-bond donors (Lipinski definition) is 1. The van der Waals surface area contributed by atoms with Gasteiger partial charge in [-0.1, -0.05) is 18.2 Å². The molecule has 0 spiro atoms. The maximum atomic E-state index is 11.8. The van der Waals surface area contributed by atoms with Crippen molar-refractivity contribution in [2.24, 2.45) is 5.73 Å². The molecule has 6 heteroatoms. The first-order chi connectivity index (χ1) is 10.0. The fourth-order valence-electron chi connectivity index (χ4n) is 3.52. The second-order valence-electron chi connectivity index (χ2n) is 6.08. The van der Waals surface area contributed by atoms with Gasteiger partial charge in [0.15, 0.2) is 9.84 Å². The van der Waals surface area contributed by atoms with Gasteiger partial charge in [-0.25, -0.2) is 8.42 Å². The molecule has 2 N–H and O–H groups in total. The highest BCUT2D eigenvalue weighted by Gasteiger charge is 2.46. The summed E-state index contributed by atoms with van der Waals surface area (Å²) in [6, 6.07) is 10.4. The molecule has 2 heterocycles. The van der Waals surface area contributed by atoms with Crippen molar-refractivity contribution < 1.29 is 8.42 Å². The van der Waals surface area contributed by atoms with E-state index in [2.05, 4.69) is 21.9 Å². The van der Waals surface area contributed by atoms with Gasteiger partial charge in [-0.15, -0.1) is 0 Å². The summed E-state index contributed by atoms with van der Waals surface area (Å²) >= 11 is 0. The van der Waals surface area contributed by atoms with E-state index in [1.165, 1.54) is 5.69 Å². The highest BCUT2D eigenvalue weighted by molar-refractivity contribution is 7.91. The lowest BCUT2D eigenvalue weighted by atomic mass is 9.95. The summed E-state index contributed by atoms with van der Waals surface area (Å²) < 4.78 is 23.7. The average molecular weight is 309 g/mol. The number of sulfone groups is 1. The van der Waals surface area contributed by atoms with Gasteiger partial charge in [0.1, 0.15) is 0 Å². The SMILES string of the molecule is NCC1(N2CCN(c3ccccc3)CC2)CCS(=O)(=O)C1. The van der Waals surface area contributed by atoms with Crippen LogP contribution in [0.15, 0.2) is 30.3 Å². The monoisotopic (exact) mass is 309 g/mol. The van der Waals surface area contributed by atoms with Crippen molar-refractivity contribution in [1.82, 2.24) is 4.90 Å². The van der Waals surface area contributed by atoms with Gasteiger partial charge in [-0.2, -0.15) is 0 Å². The smallest absolute Gasteiger partial charge is 0.152 e. The molecule has 0 radical (unpaired) electrons. The second-order valence-corrected chi connectivity index (χ2v) is 8.26. The number of benzene rings is 1. The van der Waals surface area contributed by atoms with Gasteiger partial charge >= 0.3 is 0 Å². The molecule has 21 heavy (non-hydrogen) atoms. The summed E-state index contributed by atoms with van der Waals surface area (Å²) in [5, 5.41) is 0. The third-order valence-corrected chi connectivity index (χ3v) is 6.62. The summed E-state index contributed by atoms with van der Waals surface area (Å²) in [4.78, 5) is 4.65. The van der Waals surface area contributed by atoms with E-state index in [1.54, 1.807) is 0 Å². The Morgan fingerprint density at radius 1 is 1.10 bits per heavy atom. The van der Waals surface area contributed by atoms with Crippen molar-refractivity contribution in [2.75, 3.05) is 49.1 Å². The van der Waals surface area contributed by atoms with Crippen LogP contribution < -0.4 is 10.6 Å². The summed E-state index contributed by atoms with van der Waals surface area (Å²) in [6.45, 7) is 4.03. The number of piperazine rings is 1. The van der Waals surface area contributed by atoms with Gasteiger partial charge in [-0.3, -0.25) is 4.90 Å². The van der Waals surface area contributed by atoms with E-state index in [9.17, 15) is 8.42 Å². The van der Waals surface area contributed by atoms with Crippen LogP contribution in [0, 0.1) is 0 Å². The van der Waals surface area contributed by atoms with Crippen molar-refractivity contribution in [3.63, 3.8) is 0 Å². The molecule has 5 nitrogen and oxygen atoms in total. The molecule has 0 bridgehead atoms. The van der Waals surface area contributed by atoms with E-state index in [1.807, 2.05) is 18.2 Å². The number of nitrogens with two attached hydrogens (primary N) is 1. The van der Waals surface area contributed by atoms with E-state index < -0.39 is 9.84 Å². The largest absolute Gasteiger partial charge is 0.369 e. The van der Waals surface area contributed by atoms with Crippen LogP contribution in [0.25, 0.3) is 0 Å². The molecule has 1 unspecified atom stereocenters. The molecule has 2 aliphatic heterocycles. The fourth-order valence-corrected chi connectivity index (χ4v) is 5.62. The van der Waals surface area contributed by atoms with Gasteiger partial charge in [0.2, 0.25) is 0 Å². The first kappa shape index (κ1) is 14.8. The first-order valence-corrected chi connectivity index (χ1v) is 9.32. The minimum absolute atomic E-state index is 0.224. The molecule has 2 saturated heterocycles. The van der Waals surface area contributed by atoms with Crippen LogP contribution in [-0.4, -0.2) is 63.1 Å². The summed E-state index contributed by atoms with van der Waals surface area (Å²) in [7, 11) is -2.92. The van der Waals surface area contributed by atoms with E-state index in [0.717, 1.165) is 26.2 Å². The van der Waals surface area contributed by atoms with Gasteiger partial charge in [0.25, 0.3) is 0 Å². The Morgan fingerprint density at radius 2 is 1.76 bits per heavy atom. The van der Waals surface area contributed by atoms with Crippen LogP contribution in [0.2, 0.25) is 0 Å². The van der Waals surface area contributed by atoms with E-state index in [-0.39, 0.29) is 17.0 Å². The highest BCUT2D eigenvalue weighted by Crippen LogP contribution is 2.30. The third kappa shape index (κ3) is 2.93. The molecule has 0 aromatic heterocycles. The first-order valence-electron chi connectivity index (χ1n) is 7.50. The Hall–Kier alpha value is -1.11. The minimum Gasteiger partial charge on any atom is -0.369 e. The van der Waals surface area contributed by atoms with Crippen LogP contribution in [0.4, 0.5) is 5.69 Å². The average Bonchev–Trinajstić information content (AvgIpc) is 2.85. The lowest BCUT2D eigenvalue weighted by molar-refractivity contribution is 0.108. The van der Waals surface area contributed by atoms with Gasteiger partial charge in [-0.05, 0) is 18.6 Å². The van der Waals surface area contributed by atoms with Crippen LogP contribution in [-0.2, 0) is 9.84 Å². The minimum atomic E-state index is -2.92. The Bertz CT molecular complexity index is 582. The van der Waals surface area contributed by atoms with E-state index in [4.69, 9.17) is 5.73 Å². The number of hydrogen-bond acceptors (Lipinski definition) is 5. The molecule has 1 atom stereocenters. The highest BCUT2D eigenvalue weighted by atomic mass is 32.2. The summed E-state index contributed by atoms with van der Waals surface area (Å²) in [6.07, 6.45) is 0.678. The number of para-hydroxylation sites is 1. The summed E-state index contributed by atoms with van der Waals surface area (Å²) in [5.74, 6) is 0.505. The normalized spacial score (nSPS) is 29.7. The Morgan fingerprint density at radius 3 is 2.29 bits per heavy atom. The molecule has 116 valence electrons. The zero-order valence-corrected chi connectivity index (χ0v) is 13.1. The molecule has 1 aromatic carbocycles. The van der Waals surface area contributed by atoms with Gasteiger partial charge < -0.3 is 10.6 Å². The molecule has 1 aromatic rings. The standard InChI is InChI=1S/C15H23N3O2S/c16-12-15(6-11-21(19,20)13-15)18-9-7-17(8-10-18)14-4-2-1-3-5-14/h1-5H,6-13,16H2. The van der Waals surface area contributed by atoms with Crippen LogP contribution in [0.3, 0.4) is 0 Å². The Balaban J connectivity index is 1.68. The quantitative estimate of drug-likeness (QED) is 0.871. The van der Waals surface area contributed by atoms with Crippen molar-refractivity contribution >= 4 is 15.5 Å². The topological polar surface area (TPSA) is 66.6 Å². The molecule has 0 aliphatic carbocycles. The zero-order valence-electron chi connectivity index (χ0n) is 12.2. The van der Waals surface area contributed by atoms with Crippen LogP contribution >= 0.6 is 0 Å². The second kappa shape index (κ2) is 5.59. The van der Waals surface area contributed by atoms with Crippen molar-refractivity contribution in [2.45, 2.75) is 12.0 Å². The maximum Gasteiger partial charge on any atom is 0.152 e. The van der Waals surface area contributed by atoms with Crippen LogP contribution in [0.5, 0.6) is 0 Å². The number of anilines is 1. The molecular formula is C15H23N3O2S. The lowest BCUT2D eigenvalue weighted by Gasteiger charge is -2.45. The molecule has 3 rings (SSSR count). The Labute approximate surface area is 126 Å². The molecular weight excluding hydrogens is 286 g/mol. The molecule has 0 saturated carbocycles. The lowest BCUT2D eigenvalue weighted by Crippen LogP contribution is -2.61. The van der Waals surface area contributed by atoms with Crippen molar-refractivity contribution in [1.29, 1.82) is 0 Å². The van der Waals surface area contributed by atoms with Crippen molar-refractivity contribution in [3.05, 3.63) is 30.3 Å². The zero-order chi connectivity index (χ0) is 14.9. The van der Waals surface area contributed by atoms with E-state index >= 15 is 0 Å². The van der Waals surface area contributed by atoms with Crippen LogP contribution in [0.1, 0.15) is 6.42 Å². The third-order valence-electron chi connectivity index (χ3n) is 4.82. The van der Waals surface area contributed by atoms with Gasteiger partial charge in [0, 0.05) is 44.0 Å². The molecule has 2 aliphatic rings. The molecule has 2 fully saturated rings. The summed E-state index contributed by atoms with van der Waals surface area (Å²) in [5.41, 5.74) is 6.85. The fraction of sp³-hybridized carbons (Fsp3) is 0.600. The number of rotatable bonds is 3.